The molecule has 2 aliphatic rings. The Hall–Kier alpha value is -3.26. The molecule has 2 aromatic rings. The van der Waals surface area contributed by atoms with Crippen molar-refractivity contribution in [2.75, 3.05) is 29.9 Å². The predicted molar refractivity (Wildman–Crippen MR) is 117 cm³/mol. The molecule has 2 aromatic carbocycles. The number of piperidine rings is 1. The lowest BCUT2D eigenvalue weighted by molar-refractivity contribution is -0.132. The van der Waals surface area contributed by atoms with Crippen LogP contribution in [0.2, 0.25) is 0 Å². The second-order valence-electron chi connectivity index (χ2n) is 8.36. The van der Waals surface area contributed by atoms with Crippen molar-refractivity contribution in [3.63, 3.8) is 0 Å². The van der Waals surface area contributed by atoms with Crippen molar-refractivity contribution in [2.24, 2.45) is 5.92 Å². The Labute approximate surface area is 185 Å². The molecule has 2 fully saturated rings. The van der Waals surface area contributed by atoms with E-state index in [2.05, 4.69) is 5.32 Å². The van der Waals surface area contributed by atoms with Gasteiger partial charge < -0.3 is 20.2 Å². The van der Waals surface area contributed by atoms with Crippen molar-refractivity contribution in [3.8, 4) is 0 Å². The highest BCUT2D eigenvalue weighted by molar-refractivity contribution is 6.03. The van der Waals surface area contributed by atoms with E-state index in [0.717, 1.165) is 5.56 Å². The fourth-order valence-electron chi connectivity index (χ4n) is 4.11. The molecule has 0 saturated carbocycles. The number of anilines is 2. The summed E-state index contributed by atoms with van der Waals surface area (Å²) in [5, 5.41) is 12.4. The quantitative estimate of drug-likeness (QED) is 0.749. The molecule has 7 nitrogen and oxygen atoms in total. The lowest BCUT2D eigenvalue weighted by Gasteiger charge is -2.29. The minimum atomic E-state index is -0.497. The molecular weight excluding hydrogens is 413 g/mol. The van der Waals surface area contributed by atoms with Crippen LogP contribution in [0, 0.1) is 11.7 Å². The summed E-state index contributed by atoms with van der Waals surface area (Å²) in [5.41, 5.74) is 2.02. The van der Waals surface area contributed by atoms with Crippen LogP contribution in [0.5, 0.6) is 0 Å². The smallest absolute Gasteiger partial charge is 0.229 e. The number of halogens is 1. The fraction of sp³-hybridized carbons (Fsp3) is 0.375. The first-order chi connectivity index (χ1) is 15.4. The van der Waals surface area contributed by atoms with E-state index < -0.39 is 5.92 Å². The Kier molecular flexibility index (Phi) is 6.50. The van der Waals surface area contributed by atoms with Gasteiger partial charge >= 0.3 is 0 Å². The lowest BCUT2D eigenvalue weighted by Crippen LogP contribution is -2.40. The topological polar surface area (TPSA) is 90.0 Å². The molecule has 0 unspecified atom stereocenters. The number of hydrogen-bond acceptors (Lipinski definition) is 4. The zero-order valence-corrected chi connectivity index (χ0v) is 17.7. The van der Waals surface area contributed by atoms with E-state index in [1.165, 1.54) is 29.2 Å². The number of carbonyl (C=O) groups excluding carboxylic acids is 3. The van der Waals surface area contributed by atoms with E-state index >= 15 is 0 Å². The molecule has 1 atom stereocenters. The largest absolute Gasteiger partial charge is 0.393 e. The normalized spacial score (nSPS) is 19.3. The van der Waals surface area contributed by atoms with Gasteiger partial charge in [-0.2, -0.15) is 0 Å². The molecule has 4 rings (SSSR count). The fourth-order valence-corrected chi connectivity index (χ4v) is 4.11. The minimum absolute atomic E-state index is 0.0269. The molecular formula is C24H26FN3O4. The number of likely N-dealkylation sites (tertiary alicyclic amines) is 1. The first-order valence-corrected chi connectivity index (χ1v) is 10.8. The molecule has 3 amide bonds. The molecule has 2 saturated heterocycles. The predicted octanol–water partition coefficient (Wildman–Crippen LogP) is 2.34. The number of carbonyl (C=O) groups is 3. The van der Waals surface area contributed by atoms with Gasteiger partial charge in [-0.25, -0.2) is 4.39 Å². The summed E-state index contributed by atoms with van der Waals surface area (Å²) >= 11 is 0. The van der Waals surface area contributed by atoms with E-state index in [-0.39, 0.29) is 49.0 Å². The van der Waals surface area contributed by atoms with E-state index in [1.54, 1.807) is 29.2 Å². The van der Waals surface area contributed by atoms with Crippen LogP contribution in [-0.4, -0.2) is 53.5 Å². The third-order valence-corrected chi connectivity index (χ3v) is 6.03. The molecule has 2 N–H and O–H groups in total. The summed E-state index contributed by atoms with van der Waals surface area (Å²) in [6.07, 6.45) is 1.27. The van der Waals surface area contributed by atoms with Crippen LogP contribution in [0.15, 0.2) is 48.5 Å². The van der Waals surface area contributed by atoms with Crippen molar-refractivity contribution in [2.45, 2.75) is 31.8 Å². The first kappa shape index (κ1) is 22.0. The van der Waals surface area contributed by atoms with Gasteiger partial charge in [-0.3, -0.25) is 14.4 Å². The molecule has 0 radical (unpaired) electrons. The van der Waals surface area contributed by atoms with Gasteiger partial charge in [-0.1, -0.05) is 12.1 Å². The number of rotatable bonds is 5. The van der Waals surface area contributed by atoms with Crippen molar-refractivity contribution in [3.05, 3.63) is 59.9 Å². The molecule has 168 valence electrons. The number of hydrogen-bond donors (Lipinski definition) is 2. The van der Waals surface area contributed by atoms with Gasteiger partial charge in [0.05, 0.1) is 18.4 Å². The Morgan fingerprint density at radius 2 is 1.69 bits per heavy atom. The van der Waals surface area contributed by atoms with Gasteiger partial charge in [-0.05, 0) is 54.8 Å². The molecule has 2 heterocycles. The average Bonchev–Trinajstić information content (AvgIpc) is 3.18. The number of benzene rings is 2. The van der Waals surface area contributed by atoms with Crippen LogP contribution < -0.4 is 10.2 Å². The van der Waals surface area contributed by atoms with Crippen LogP contribution in [0.25, 0.3) is 0 Å². The second-order valence-corrected chi connectivity index (χ2v) is 8.36. The molecule has 8 heteroatoms. The summed E-state index contributed by atoms with van der Waals surface area (Å²) in [6.45, 7) is 1.39. The highest BCUT2D eigenvalue weighted by atomic mass is 19.1. The molecule has 0 spiro atoms. The van der Waals surface area contributed by atoms with E-state index in [9.17, 15) is 23.9 Å². The zero-order valence-electron chi connectivity index (χ0n) is 17.7. The van der Waals surface area contributed by atoms with Crippen LogP contribution >= 0.6 is 0 Å². The van der Waals surface area contributed by atoms with Gasteiger partial charge in [0.25, 0.3) is 0 Å². The maximum atomic E-state index is 13.1. The maximum absolute atomic E-state index is 13.1. The van der Waals surface area contributed by atoms with E-state index in [4.69, 9.17) is 0 Å². The van der Waals surface area contributed by atoms with Crippen molar-refractivity contribution >= 4 is 29.1 Å². The summed E-state index contributed by atoms with van der Waals surface area (Å²) < 4.78 is 13.1. The average molecular weight is 439 g/mol. The highest BCUT2D eigenvalue weighted by Gasteiger charge is 2.35. The molecule has 0 aliphatic carbocycles. The Morgan fingerprint density at radius 3 is 2.34 bits per heavy atom. The van der Waals surface area contributed by atoms with E-state index in [0.29, 0.717) is 37.3 Å². The lowest BCUT2D eigenvalue weighted by atomic mass is 10.1. The van der Waals surface area contributed by atoms with Crippen LogP contribution in [0.1, 0.15) is 24.8 Å². The third-order valence-electron chi connectivity index (χ3n) is 6.03. The van der Waals surface area contributed by atoms with Crippen LogP contribution in [0.3, 0.4) is 0 Å². The van der Waals surface area contributed by atoms with Gasteiger partial charge in [0.2, 0.25) is 17.7 Å². The summed E-state index contributed by atoms with van der Waals surface area (Å²) in [6, 6.07) is 12.7. The minimum Gasteiger partial charge on any atom is -0.393 e. The van der Waals surface area contributed by atoms with Gasteiger partial charge in [0.1, 0.15) is 5.82 Å². The number of aliphatic hydroxyl groups is 1. The van der Waals surface area contributed by atoms with Crippen LogP contribution in [-0.2, 0) is 20.8 Å². The molecule has 0 aromatic heterocycles. The summed E-state index contributed by atoms with van der Waals surface area (Å²) in [7, 11) is 0. The SMILES string of the molecule is O=C(Nc1ccc(CC(=O)N2CCC(O)CC2)cc1)[C@H]1CC(=O)N(c2ccc(F)cc2)C1. The molecule has 32 heavy (non-hydrogen) atoms. The first-order valence-electron chi connectivity index (χ1n) is 10.8. The van der Waals surface area contributed by atoms with Gasteiger partial charge in [0.15, 0.2) is 0 Å². The number of amides is 3. The zero-order chi connectivity index (χ0) is 22.7. The Balaban J connectivity index is 1.30. The summed E-state index contributed by atoms with van der Waals surface area (Å²) in [5.74, 6) is -1.27. The Bertz CT molecular complexity index is 985. The number of aliphatic hydroxyl groups excluding tert-OH is 1. The van der Waals surface area contributed by atoms with Crippen molar-refractivity contribution in [1.29, 1.82) is 0 Å². The second kappa shape index (κ2) is 9.48. The molecule has 2 aliphatic heterocycles. The number of nitrogens with one attached hydrogen (secondary N) is 1. The standard InChI is InChI=1S/C24H26FN3O4/c25-18-3-7-20(8-4-18)28-15-17(14-23(28)31)24(32)26-19-5-1-16(2-6-19)13-22(30)27-11-9-21(29)10-12-27/h1-8,17,21,29H,9-15H2,(H,26,32)/t17-/m0/s1. The van der Waals surface area contributed by atoms with Crippen LogP contribution in [0.4, 0.5) is 15.8 Å². The van der Waals surface area contributed by atoms with E-state index in [1.807, 2.05) is 0 Å². The van der Waals surface area contributed by atoms with Crippen molar-refractivity contribution < 1.29 is 23.9 Å². The third kappa shape index (κ3) is 5.13. The Morgan fingerprint density at radius 1 is 1.03 bits per heavy atom. The highest BCUT2D eigenvalue weighted by Crippen LogP contribution is 2.26. The van der Waals surface area contributed by atoms with Gasteiger partial charge in [-0.15, -0.1) is 0 Å². The maximum Gasteiger partial charge on any atom is 0.229 e. The molecule has 0 bridgehead atoms. The van der Waals surface area contributed by atoms with Gasteiger partial charge in [0, 0.05) is 37.4 Å². The number of nitrogens with zero attached hydrogens (tertiary/aromatic N) is 2. The monoisotopic (exact) mass is 439 g/mol. The summed E-state index contributed by atoms with van der Waals surface area (Å²) in [4.78, 5) is 40.7. The van der Waals surface area contributed by atoms with Crippen molar-refractivity contribution in [1.82, 2.24) is 4.90 Å².